The molecular weight excluding hydrogens is 263 g/mol. The van der Waals surface area contributed by atoms with Gasteiger partial charge in [0.1, 0.15) is 0 Å². The zero-order valence-electron chi connectivity index (χ0n) is 12.2. The van der Waals surface area contributed by atoms with Crippen LogP contribution in [0.5, 0.6) is 0 Å². The fourth-order valence-corrected chi connectivity index (χ4v) is 2.88. The maximum Gasteiger partial charge on any atom is 0.416 e. The second kappa shape index (κ2) is 5.76. The third-order valence-electron chi connectivity index (χ3n) is 4.20. The molecule has 1 aromatic rings. The number of rotatable bonds is 4. The molecule has 0 aliphatic heterocycles. The summed E-state index contributed by atoms with van der Waals surface area (Å²) in [4.78, 5) is 0. The average molecular weight is 285 g/mol. The van der Waals surface area contributed by atoms with Gasteiger partial charge in [-0.2, -0.15) is 13.2 Å². The van der Waals surface area contributed by atoms with Gasteiger partial charge in [0, 0.05) is 6.04 Å². The van der Waals surface area contributed by atoms with Crippen molar-refractivity contribution in [2.45, 2.75) is 51.7 Å². The largest absolute Gasteiger partial charge is 0.416 e. The van der Waals surface area contributed by atoms with Crippen molar-refractivity contribution in [3.05, 3.63) is 34.9 Å². The molecule has 2 rings (SSSR count). The second-order valence-corrected chi connectivity index (χ2v) is 6.08. The molecule has 0 heterocycles. The Morgan fingerprint density at radius 3 is 2.40 bits per heavy atom. The summed E-state index contributed by atoms with van der Waals surface area (Å²) in [6.45, 7) is 6.95. The Hall–Kier alpha value is -1.03. The maximum atomic E-state index is 12.7. The summed E-state index contributed by atoms with van der Waals surface area (Å²) in [6.07, 6.45) is -2.01. The Labute approximate surface area is 118 Å². The van der Waals surface area contributed by atoms with E-state index in [0.717, 1.165) is 30.5 Å². The van der Waals surface area contributed by atoms with Crippen LogP contribution in [0.15, 0.2) is 18.2 Å². The highest BCUT2D eigenvalue weighted by molar-refractivity contribution is 5.36. The van der Waals surface area contributed by atoms with Crippen molar-refractivity contribution >= 4 is 0 Å². The first kappa shape index (κ1) is 15.4. The molecule has 1 aliphatic rings. The molecule has 0 saturated heterocycles. The highest BCUT2D eigenvalue weighted by atomic mass is 19.4. The van der Waals surface area contributed by atoms with Gasteiger partial charge in [0.2, 0.25) is 0 Å². The number of aryl methyl sites for hydroxylation is 1. The van der Waals surface area contributed by atoms with Crippen LogP contribution < -0.4 is 5.32 Å². The predicted octanol–water partition coefficient (Wildman–Crippen LogP) is 4.51. The van der Waals surface area contributed by atoms with Crippen molar-refractivity contribution < 1.29 is 13.2 Å². The van der Waals surface area contributed by atoms with Gasteiger partial charge in [-0.3, -0.25) is 0 Å². The van der Waals surface area contributed by atoms with Crippen molar-refractivity contribution in [3.8, 4) is 0 Å². The molecule has 1 fully saturated rings. The summed E-state index contributed by atoms with van der Waals surface area (Å²) < 4.78 is 38.0. The minimum Gasteiger partial charge on any atom is -0.314 e. The lowest BCUT2D eigenvalue weighted by Crippen LogP contribution is -2.37. The Kier molecular flexibility index (Phi) is 4.43. The van der Waals surface area contributed by atoms with Gasteiger partial charge < -0.3 is 5.32 Å². The molecule has 112 valence electrons. The molecule has 4 heteroatoms. The van der Waals surface area contributed by atoms with Crippen LogP contribution in [0.25, 0.3) is 0 Å². The number of hydrogen-bond acceptors (Lipinski definition) is 1. The van der Waals surface area contributed by atoms with E-state index in [4.69, 9.17) is 0 Å². The summed E-state index contributed by atoms with van der Waals surface area (Å²) >= 11 is 0. The predicted molar refractivity (Wildman–Crippen MR) is 74.8 cm³/mol. The number of hydrogen-bond donors (Lipinski definition) is 1. The molecule has 1 aromatic carbocycles. The minimum absolute atomic E-state index is 0.406. The van der Waals surface area contributed by atoms with Gasteiger partial charge in [0.15, 0.2) is 0 Å². The van der Waals surface area contributed by atoms with Crippen LogP contribution in [-0.4, -0.2) is 12.6 Å². The fourth-order valence-electron chi connectivity index (χ4n) is 2.88. The lowest BCUT2D eigenvalue weighted by atomic mass is 9.69. The van der Waals surface area contributed by atoms with Gasteiger partial charge in [-0.05, 0) is 61.4 Å². The average Bonchev–Trinajstić information content (AvgIpc) is 2.28. The molecule has 0 bridgehead atoms. The van der Waals surface area contributed by atoms with Crippen LogP contribution in [-0.2, 0) is 6.18 Å². The minimum atomic E-state index is -4.25. The zero-order chi connectivity index (χ0) is 14.9. The van der Waals surface area contributed by atoms with E-state index in [-0.39, 0.29) is 0 Å². The van der Waals surface area contributed by atoms with Crippen molar-refractivity contribution in [2.24, 2.45) is 5.92 Å². The quantitative estimate of drug-likeness (QED) is 0.858. The normalized spacial score (nSPS) is 22.9. The summed E-state index contributed by atoms with van der Waals surface area (Å²) in [5.74, 6) is 0.955. The van der Waals surface area contributed by atoms with E-state index in [0.29, 0.717) is 17.9 Å². The van der Waals surface area contributed by atoms with Crippen LogP contribution in [0.3, 0.4) is 0 Å². The maximum absolute atomic E-state index is 12.7. The van der Waals surface area contributed by atoms with E-state index >= 15 is 0 Å². The van der Waals surface area contributed by atoms with Crippen molar-refractivity contribution in [2.75, 3.05) is 6.54 Å². The molecule has 20 heavy (non-hydrogen) atoms. The van der Waals surface area contributed by atoms with Crippen LogP contribution in [0.1, 0.15) is 49.3 Å². The monoisotopic (exact) mass is 285 g/mol. The Balaban J connectivity index is 2.10. The van der Waals surface area contributed by atoms with Crippen LogP contribution >= 0.6 is 0 Å². The molecular formula is C16H22F3N. The second-order valence-electron chi connectivity index (χ2n) is 6.08. The van der Waals surface area contributed by atoms with Gasteiger partial charge in [0.05, 0.1) is 5.56 Å². The lowest BCUT2D eigenvalue weighted by molar-refractivity contribution is -0.137. The Morgan fingerprint density at radius 2 is 1.95 bits per heavy atom. The van der Waals surface area contributed by atoms with E-state index in [2.05, 4.69) is 19.2 Å². The molecule has 1 saturated carbocycles. The van der Waals surface area contributed by atoms with Crippen molar-refractivity contribution in [1.82, 2.24) is 5.32 Å². The van der Waals surface area contributed by atoms with Gasteiger partial charge in [0.25, 0.3) is 0 Å². The molecule has 2 atom stereocenters. The Bertz CT molecular complexity index is 465. The van der Waals surface area contributed by atoms with Gasteiger partial charge in [-0.25, -0.2) is 0 Å². The first-order valence-corrected chi connectivity index (χ1v) is 7.20. The molecule has 1 aliphatic carbocycles. The Morgan fingerprint density at radius 1 is 1.25 bits per heavy atom. The van der Waals surface area contributed by atoms with Crippen LogP contribution in [0.4, 0.5) is 13.2 Å². The van der Waals surface area contributed by atoms with Crippen LogP contribution in [0.2, 0.25) is 0 Å². The molecule has 1 N–H and O–H groups in total. The summed E-state index contributed by atoms with van der Waals surface area (Å²) in [7, 11) is 0. The summed E-state index contributed by atoms with van der Waals surface area (Å²) in [5, 5.41) is 3.42. The fraction of sp³-hybridized carbons (Fsp3) is 0.625. The topological polar surface area (TPSA) is 12.0 Å². The number of alkyl halides is 3. The van der Waals surface area contributed by atoms with Crippen molar-refractivity contribution in [3.63, 3.8) is 0 Å². The highest BCUT2D eigenvalue weighted by Crippen LogP contribution is 2.44. The molecule has 2 unspecified atom stereocenters. The van der Waals surface area contributed by atoms with Gasteiger partial charge >= 0.3 is 6.18 Å². The number of halogens is 3. The summed E-state index contributed by atoms with van der Waals surface area (Å²) in [5.41, 5.74) is 1.30. The smallest absolute Gasteiger partial charge is 0.314 e. The van der Waals surface area contributed by atoms with Crippen molar-refractivity contribution in [1.29, 1.82) is 0 Å². The third-order valence-corrected chi connectivity index (χ3v) is 4.20. The van der Waals surface area contributed by atoms with E-state index in [1.54, 1.807) is 13.0 Å². The molecule has 0 aromatic heterocycles. The van der Waals surface area contributed by atoms with E-state index < -0.39 is 11.7 Å². The standard InChI is InChI=1S/C16H22F3N/c1-10(2)20-9-12-4-6-15(12)14-7-5-13(8-11(14)3)16(17,18)19/h5,7-8,10,12,15,20H,4,6,9H2,1-3H3. The van der Waals surface area contributed by atoms with Crippen LogP contribution in [0, 0.1) is 12.8 Å². The highest BCUT2D eigenvalue weighted by Gasteiger charge is 2.35. The molecule has 0 amide bonds. The first-order valence-electron chi connectivity index (χ1n) is 7.20. The molecule has 1 nitrogen and oxygen atoms in total. The van der Waals surface area contributed by atoms with E-state index in [9.17, 15) is 13.2 Å². The van der Waals surface area contributed by atoms with E-state index in [1.165, 1.54) is 12.1 Å². The first-order chi connectivity index (χ1) is 9.29. The summed E-state index contributed by atoms with van der Waals surface area (Å²) in [6, 6.07) is 4.61. The van der Waals surface area contributed by atoms with Gasteiger partial charge in [-0.1, -0.05) is 19.9 Å². The SMILES string of the molecule is Cc1cc(C(F)(F)F)ccc1C1CCC1CNC(C)C. The lowest BCUT2D eigenvalue weighted by Gasteiger charge is -2.38. The number of nitrogens with one attached hydrogen (secondary N) is 1. The van der Waals surface area contributed by atoms with Gasteiger partial charge in [-0.15, -0.1) is 0 Å². The third kappa shape index (κ3) is 3.35. The number of benzene rings is 1. The molecule has 0 radical (unpaired) electrons. The zero-order valence-corrected chi connectivity index (χ0v) is 12.2. The molecule has 0 spiro atoms. The van der Waals surface area contributed by atoms with E-state index in [1.807, 2.05) is 0 Å².